The van der Waals surface area contributed by atoms with Gasteiger partial charge in [0.05, 0.1) is 6.33 Å². The molecule has 2 N–H and O–H groups in total. The minimum Gasteiger partial charge on any atom is -0.459 e. The Morgan fingerprint density at radius 1 is 1.60 bits per heavy atom. The largest absolute Gasteiger partial charge is 0.459 e. The zero-order valence-electron chi connectivity index (χ0n) is 9.30. The predicted octanol–water partition coefficient (Wildman–Crippen LogP) is 0.552. The summed E-state index contributed by atoms with van der Waals surface area (Å²) in [6.45, 7) is 5.83. The zero-order chi connectivity index (χ0) is 11.5. The number of nitrogens with two attached hydrogens (primary N) is 1. The minimum absolute atomic E-state index is 0.384. The molecule has 1 unspecified atom stereocenters. The number of rotatable bonds is 3. The Labute approximate surface area is 89.2 Å². The number of hydrogen-bond donors (Lipinski definition) is 1. The second kappa shape index (κ2) is 4.44. The van der Waals surface area contributed by atoms with Crippen LogP contribution >= 0.6 is 0 Å². The van der Waals surface area contributed by atoms with E-state index in [0.29, 0.717) is 6.54 Å². The van der Waals surface area contributed by atoms with E-state index in [4.69, 9.17) is 10.5 Å². The Morgan fingerprint density at radius 3 is 2.73 bits per heavy atom. The van der Waals surface area contributed by atoms with Gasteiger partial charge >= 0.3 is 5.97 Å². The minimum atomic E-state index is -0.654. The monoisotopic (exact) mass is 211 g/mol. The highest BCUT2D eigenvalue weighted by Gasteiger charge is 2.22. The number of nitrogens with zero attached hydrogens (tertiary/aromatic N) is 2. The van der Waals surface area contributed by atoms with Crippen molar-refractivity contribution in [1.82, 2.24) is 9.55 Å². The van der Waals surface area contributed by atoms with E-state index in [2.05, 4.69) is 4.98 Å². The quantitative estimate of drug-likeness (QED) is 0.741. The van der Waals surface area contributed by atoms with Gasteiger partial charge in [-0.3, -0.25) is 4.79 Å². The average Bonchev–Trinajstić information content (AvgIpc) is 2.53. The lowest BCUT2D eigenvalue weighted by Crippen LogP contribution is -2.40. The smallest absolute Gasteiger partial charge is 0.325 e. The average molecular weight is 211 g/mol. The summed E-state index contributed by atoms with van der Waals surface area (Å²) in [6.07, 6.45) is 5.01. The third kappa shape index (κ3) is 4.12. The van der Waals surface area contributed by atoms with E-state index in [0.717, 1.165) is 0 Å². The first-order valence-electron chi connectivity index (χ1n) is 4.82. The van der Waals surface area contributed by atoms with Crippen LogP contribution in [0.15, 0.2) is 18.7 Å². The van der Waals surface area contributed by atoms with Gasteiger partial charge in [-0.05, 0) is 20.8 Å². The molecule has 1 heterocycles. The molecule has 1 rings (SSSR count). The molecule has 0 aliphatic heterocycles. The van der Waals surface area contributed by atoms with Crippen molar-refractivity contribution in [2.75, 3.05) is 0 Å². The molecule has 0 aliphatic rings. The van der Waals surface area contributed by atoms with Crippen molar-refractivity contribution in [2.24, 2.45) is 5.73 Å². The standard InChI is InChI=1S/C10H17N3O2/c1-10(2,3)15-9(14)8(11)6-13-5-4-12-7-13/h4-5,7-8H,6,11H2,1-3H3. The Hall–Kier alpha value is -1.36. The molecular weight excluding hydrogens is 194 g/mol. The molecule has 0 amide bonds. The Kier molecular flexibility index (Phi) is 3.47. The van der Waals surface area contributed by atoms with E-state index < -0.39 is 17.6 Å². The van der Waals surface area contributed by atoms with Gasteiger partial charge in [0.15, 0.2) is 0 Å². The molecule has 0 fully saturated rings. The molecule has 0 spiro atoms. The van der Waals surface area contributed by atoms with Crippen LogP contribution in [0.1, 0.15) is 20.8 Å². The molecule has 0 saturated carbocycles. The highest BCUT2D eigenvalue weighted by molar-refractivity contribution is 5.75. The van der Waals surface area contributed by atoms with E-state index in [1.807, 2.05) is 20.8 Å². The summed E-state index contributed by atoms with van der Waals surface area (Å²) in [5.41, 5.74) is 5.20. The van der Waals surface area contributed by atoms with Gasteiger partial charge in [-0.25, -0.2) is 4.98 Å². The summed E-state index contributed by atoms with van der Waals surface area (Å²) >= 11 is 0. The van der Waals surface area contributed by atoms with Crippen LogP contribution in [-0.4, -0.2) is 27.2 Å². The van der Waals surface area contributed by atoms with Crippen molar-refractivity contribution < 1.29 is 9.53 Å². The maximum Gasteiger partial charge on any atom is 0.325 e. The molecule has 5 nitrogen and oxygen atoms in total. The summed E-state index contributed by atoms with van der Waals surface area (Å²) in [4.78, 5) is 15.4. The molecule has 0 aromatic carbocycles. The third-order valence-corrected chi connectivity index (χ3v) is 1.68. The maximum atomic E-state index is 11.5. The Morgan fingerprint density at radius 2 is 2.27 bits per heavy atom. The Balaban J connectivity index is 2.47. The first-order valence-corrected chi connectivity index (χ1v) is 4.82. The fraction of sp³-hybridized carbons (Fsp3) is 0.600. The van der Waals surface area contributed by atoms with Crippen LogP contribution in [0.3, 0.4) is 0 Å². The van der Waals surface area contributed by atoms with Gasteiger partial charge in [-0.1, -0.05) is 0 Å². The fourth-order valence-corrected chi connectivity index (χ4v) is 1.07. The zero-order valence-corrected chi connectivity index (χ0v) is 9.30. The molecule has 0 aliphatic carbocycles. The van der Waals surface area contributed by atoms with Gasteiger partial charge in [-0.2, -0.15) is 0 Å². The van der Waals surface area contributed by atoms with Gasteiger partial charge in [0.2, 0.25) is 0 Å². The predicted molar refractivity (Wildman–Crippen MR) is 56.0 cm³/mol. The maximum absolute atomic E-state index is 11.5. The first-order chi connectivity index (χ1) is 6.88. The number of hydrogen-bond acceptors (Lipinski definition) is 4. The Bertz CT molecular complexity index is 314. The van der Waals surface area contributed by atoms with Crippen molar-refractivity contribution in [3.63, 3.8) is 0 Å². The topological polar surface area (TPSA) is 70.1 Å². The number of carbonyl (C=O) groups excluding carboxylic acids is 1. The van der Waals surface area contributed by atoms with Gasteiger partial charge in [0, 0.05) is 18.9 Å². The number of esters is 1. The highest BCUT2D eigenvalue weighted by Crippen LogP contribution is 2.08. The summed E-state index contributed by atoms with van der Waals surface area (Å²) in [5, 5.41) is 0. The molecule has 0 bridgehead atoms. The number of carbonyl (C=O) groups is 1. The fourth-order valence-electron chi connectivity index (χ4n) is 1.07. The van der Waals surface area contributed by atoms with Crippen LogP contribution in [0.4, 0.5) is 0 Å². The second-order valence-electron chi connectivity index (χ2n) is 4.40. The van der Waals surface area contributed by atoms with Gasteiger partial charge < -0.3 is 15.0 Å². The SMILES string of the molecule is CC(C)(C)OC(=O)C(N)Cn1ccnc1. The lowest BCUT2D eigenvalue weighted by molar-refractivity contribution is -0.156. The van der Waals surface area contributed by atoms with E-state index in [9.17, 15) is 4.79 Å². The molecule has 0 saturated heterocycles. The van der Waals surface area contributed by atoms with Crippen LogP contribution in [-0.2, 0) is 16.1 Å². The van der Waals surface area contributed by atoms with Gasteiger partial charge in [0.1, 0.15) is 11.6 Å². The van der Waals surface area contributed by atoms with Crippen LogP contribution in [0.2, 0.25) is 0 Å². The van der Waals surface area contributed by atoms with Gasteiger partial charge in [0.25, 0.3) is 0 Å². The summed E-state index contributed by atoms with van der Waals surface area (Å²) in [5.74, 6) is -0.392. The van der Waals surface area contributed by atoms with E-state index in [-0.39, 0.29) is 0 Å². The van der Waals surface area contributed by atoms with E-state index in [1.54, 1.807) is 23.3 Å². The third-order valence-electron chi connectivity index (χ3n) is 1.68. The second-order valence-corrected chi connectivity index (χ2v) is 4.40. The van der Waals surface area contributed by atoms with Crippen LogP contribution in [0, 0.1) is 0 Å². The summed E-state index contributed by atoms with van der Waals surface area (Å²) in [7, 11) is 0. The summed E-state index contributed by atoms with van der Waals surface area (Å²) < 4.78 is 6.90. The number of imidazole rings is 1. The number of ether oxygens (including phenoxy) is 1. The van der Waals surface area contributed by atoms with E-state index >= 15 is 0 Å². The molecule has 1 atom stereocenters. The summed E-state index contributed by atoms with van der Waals surface area (Å²) in [6, 6.07) is -0.654. The van der Waals surface area contributed by atoms with Gasteiger partial charge in [-0.15, -0.1) is 0 Å². The first kappa shape index (κ1) is 11.7. The van der Waals surface area contributed by atoms with E-state index in [1.165, 1.54) is 0 Å². The molecule has 5 heteroatoms. The molecule has 15 heavy (non-hydrogen) atoms. The molecule has 0 radical (unpaired) electrons. The van der Waals surface area contributed by atoms with Crippen molar-refractivity contribution in [1.29, 1.82) is 0 Å². The molecule has 1 aromatic heterocycles. The van der Waals surface area contributed by atoms with Crippen molar-refractivity contribution >= 4 is 5.97 Å². The molecule has 84 valence electrons. The molecular formula is C10H17N3O2. The van der Waals surface area contributed by atoms with Crippen LogP contribution in [0.5, 0.6) is 0 Å². The van der Waals surface area contributed by atoms with Crippen LogP contribution in [0.25, 0.3) is 0 Å². The molecule has 1 aromatic rings. The van der Waals surface area contributed by atoms with Crippen molar-refractivity contribution in [2.45, 2.75) is 39.0 Å². The normalized spacial score (nSPS) is 13.6. The van der Waals surface area contributed by atoms with Crippen molar-refractivity contribution in [3.8, 4) is 0 Å². The van der Waals surface area contributed by atoms with Crippen molar-refractivity contribution in [3.05, 3.63) is 18.7 Å². The lowest BCUT2D eigenvalue weighted by atomic mass is 10.2. The highest BCUT2D eigenvalue weighted by atomic mass is 16.6. The number of aromatic nitrogens is 2. The lowest BCUT2D eigenvalue weighted by Gasteiger charge is -2.22. The van der Waals surface area contributed by atoms with Crippen LogP contribution < -0.4 is 5.73 Å².